The standard InChI is InChI=1S/C28H30FN5O2/c1-16(2)19-8-5-6-10-22(19)34-27-20(26(32-28(34)36)33-13-12-30-15-18(33)4)14-17(3)25(31-27)24-21(29)9-7-11-23(24)35/h5-11,14,16,18,30,35H,12-13,15H2,1-4H3/t18-/m0/s1. The highest BCUT2D eigenvalue weighted by atomic mass is 19.1. The second kappa shape index (κ2) is 9.35. The number of hydrogen-bond acceptors (Lipinski definition) is 6. The predicted octanol–water partition coefficient (Wildman–Crippen LogP) is 4.52. The molecular weight excluding hydrogens is 457 g/mol. The topological polar surface area (TPSA) is 83.3 Å². The van der Waals surface area contributed by atoms with E-state index in [2.05, 4.69) is 36.0 Å². The maximum absolute atomic E-state index is 14.9. The van der Waals surface area contributed by atoms with E-state index in [0.717, 1.165) is 18.7 Å². The lowest BCUT2D eigenvalue weighted by Crippen LogP contribution is -2.50. The molecule has 2 aromatic carbocycles. The number of para-hydroxylation sites is 1. The van der Waals surface area contributed by atoms with E-state index < -0.39 is 11.5 Å². The van der Waals surface area contributed by atoms with Crippen LogP contribution in [0.15, 0.2) is 53.3 Å². The van der Waals surface area contributed by atoms with Gasteiger partial charge in [-0.1, -0.05) is 38.1 Å². The van der Waals surface area contributed by atoms with Crippen LogP contribution in [0.4, 0.5) is 10.2 Å². The number of anilines is 1. The quantitative estimate of drug-likeness (QED) is 0.440. The molecule has 36 heavy (non-hydrogen) atoms. The van der Waals surface area contributed by atoms with Gasteiger partial charge >= 0.3 is 5.69 Å². The molecule has 3 heterocycles. The summed E-state index contributed by atoms with van der Waals surface area (Å²) >= 11 is 0. The molecule has 2 N–H and O–H groups in total. The molecule has 1 fully saturated rings. The van der Waals surface area contributed by atoms with E-state index in [9.17, 15) is 14.3 Å². The van der Waals surface area contributed by atoms with Crippen LogP contribution in [0.5, 0.6) is 5.75 Å². The lowest BCUT2D eigenvalue weighted by atomic mass is 10.0. The second-order valence-electron chi connectivity index (χ2n) is 9.67. The van der Waals surface area contributed by atoms with Crippen molar-refractivity contribution in [1.29, 1.82) is 0 Å². The molecule has 7 nitrogen and oxygen atoms in total. The average molecular weight is 488 g/mol. The summed E-state index contributed by atoms with van der Waals surface area (Å²) in [7, 11) is 0. The van der Waals surface area contributed by atoms with Crippen molar-refractivity contribution in [2.45, 2.75) is 39.7 Å². The summed E-state index contributed by atoms with van der Waals surface area (Å²) in [4.78, 5) is 25.3. The Labute approximate surface area is 209 Å². The zero-order valence-electron chi connectivity index (χ0n) is 20.9. The number of piperazine rings is 1. The molecule has 0 saturated carbocycles. The van der Waals surface area contributed by atoms with Crippen molar-refractivity contribution in [2.75, 3.05) is 24.5 Å². The zero-order chi connectivity index (χ0) is 25.6. The molecule has 4 aromatic rings. The number of benzene rings is 2. The number of hydrogen-bond donors (Lipinski definition) is 2. The van der Waals surface area contributed by atoms with Crippen LogP contribution >= 0.6 is 0 Å². The van der Waals surface area contributed by atoms with Crippen molar-refractivity contribution in [3.05, 3.63) is 76.0 Å². The van der Waals surface area contributed by atoms with Gasteiger partial charge in [-0.3, -0.25) is 0 Å². The second-order valence-corrected chi connectivity index (χ2v) is 9.67. The molecule has 5 rings (SSSR count). The van der Waals surface area contributed by atoms with Gasteiger partial charge in [-0.2, -0.15) is 4.98 Å². The molecule has 0 amide bonds. The van der Waals surface area contributed by atoms with Crippen LogP contribution < -0.4 is 15.9 Å². The normalized spacial score (nSPS) is 16.2. The highest BCUT2D eigenvalue weighted by molar-refractivity contribution is 5.91. The van der Waals surface area contributed by atoms with Gasteiger partial charge in [0.15, 0.2) is 5.65 Å². The van der Waals surface area contributed by atoms with Gasteiger partial charge in [-0.05, 0) is 55.2 Å². The number of fused-ring (bicyclic) bond motifs is 1. The summed E-state index contributed by atoms with van der Waals surface area (Å²) in [6.07, 6.45) is 0. The van der Waals surface area contributed by atoms with Gasteiger partial charge in [-0.15, -0.1) is 0 Å². The molecule has 0 bridgehead atoms. The fourth-order valence-corrected chi connectivity index (χ4v) is 5.00. The van der Waals surface area contributed by atoms with Crippen molar-refractivity contribution in [2.24, 2.45) is 0 Å². The highest BCUT2D eigenvalue weighted by Gasteiger charge is 2.26. The Balaban J connectivity index is 1.89. The number of rotatable bonds is 4. The first-order valence-electron chi connectivity index (χ1n) is 12.3. The minimum absolute atomic E-state index is 0.0157. The average Bonchev–Trinajstić information content (AvgIpc) is 2.84. The third kappa shape index (κ3) is 4.01. The summed E-state index contributed by atoms with van der Waals surface area (Å²) in [5.41, 5.74) is 2.58. The van der Waals surface area contributed by atoms with E-state index in [1.165, 1.54) is 22.8 Å². The number of aromatic nitrogens is 3. The maximum atomic E-state index is 14.9. The van der Waals surface area contributed by atoms with Crippen molar-refractivity contribution in [3.63, 3.8) is 0 Å². The third-order valence-electron chi connectivity index (χ3n) is 6.84. The number of aromatic hydroxyl groups is 1. The number of phenols is 1. The molecule has 1 aliphatic heterocycles. The molecule has 0 radical (unpaired) electrons. The summed E-state index contributed by atoms with van der Waals surface area (Å²) in [5.74, 6) is -0.0587. The molecule has 186 valence electrons. The number of nitrogens with one attached hydrogen (secondary N) is 1. The van der Waals surface area contributed by atoms with Crippen LogP contribution in [0.1, 0.15) is 37.8 Å². The Morgan fingerprint density at radius 2 is 1.92 bits per heavy atom. The van der Waals surface area contributed by atoms with Gasteiger partial charge in [-0.25, -0.2) is 18.7 Å². The molecule has 0 spiro atoms. The van der Waals surface area contributed by atoms with E-state index >= 15 is 0 Å². The van der Waals surface area contributed by atoms with Crippen LogP contribution in [0.2, 0.25) is 0 Å². The Hall–Kier alpha value is -3.78. The third-order valence-corrected chi connectivity index (χ3v) is 6.84. The maximum Gasteiger partial charge on any atom is 0.355 e. The largest absolute Gasteiger partial charge is 0.507 e. The molecule has 0 aliphatic carbocycles. The lowest BCUT2D eigenvalue weighted by molar-refractivity contribution is 0.471. The number of pyridine rings is 1. The Kier molecular flexibility index (Phi) is 6.22. The number of phenolic OH excluding ortho intramolecular Hbond substituents is 1. The minimum Gasteiger partial charge on any atom is -0.507 e. The molecular formula is C28H30FN5O2. The van der Waals surface area contributed by atoms with E-state index in [1.807, 2.05) is 37.3 Å². The minimum atomic E-state index is -0.577. The van der Waals surface area contributed by atoms with Crippen molar-refractivity contribution in [3.8, 4) is 22.7 Å². The van der Waals surface area contributed by atoms with Gasteiger partial charge in [0.2, 0.25) is 0 Å². The Bertz CT molecular complexity index is 1490. The molecule has 0 unspecified atom stereocenters. The van der Waals surface area contributed by atoms with Crippen molar-refractivity contribution in [1.82, 2.24) is 19.9 Å². The predicted molar refractivity (Wildman–Crippen MR) is 141 cm³/mol. The summed E-state index contributed by atoms with van der Waals surface area (Å²) in [6, 6.07) is 13.9. The van der Waals surface area contributed by atoms with Crippen LogP contribution in [-0.2, 0) is 0 Å². The highest BCUT2D eigenvalue weighted by Crippen LogP contribution is 2.36. The van der Waals surface area contributed by atoms with Gasteiger partial charge in [0.25, 0.3) is 0 Å². The monoisotopic (exact) mass is 487 g/mol. The summed E-state index contributed by atoms with van der Waals surface area (Å²) in [6.45, 7) is 10.3. The Morgan fingerprint density at radius 3 is 2.64 bits per heavy atom. The fraction of sp³-hybridized carbons (Fsp3) is 0.321. The first-order chi connectivity index (χ1) is 17.3. The van der Waals surface area contributed by atoms with Crippen molar-refractivity contribution < 1.29 is 9.50 Å². The first-order valence-corrected chi connectivity index (χ1v) is 12.3. The molecule has 1 atom stereocenters. The summed E-state index contributed by atoms with van der Waals surface area (Å²) in [5, 5.41) is 14.6. The zero-order valence-corrected chi connectivity index (χ0v) is 20.9. The van der Waals surface area contributed by atoms with Gasteiger partial charge in [0.05, 0.1) is 22.3 Å². The molecule has 1 aliphatic rings. The molecule has 2 aromatic heterocycles. The molecule has 8 heteroatoms. The van der Waals surface area contributed by atoms with E-state index in [4.69, 9.17) is 4.98 Å². The van der Waals surface area contributed by atoms with Gasteiger partial charge in [0, 0.05) is 25.7 Å². The van der Waals surface area contributed by atoms with Gasteiger partial charge < -0.3 is 15.3 Å². The van der Waals surface area contributed by atoms with E-state index in [1.54, 1.807) is 0 Å². The van der Waals surface area contributed by atoms with Crippen LogP contribution in [0.25, 0.3) is 28.0 Å². The smallest absolute Gasteiger partial charge is 0.355 e. The van der Waals surface area contributed by atoms with Crippen molar-refractivity contribution >= 4 is 16.9 Å². The molecule has 1 saturated heterocycles. The van der Waals surface area contributed by atoms with E-state index in [0.29, 0.717) is 40.3 Å². The van der Waals surface area contributed by atoms with Crippen LogP contribution in [-0.4, -0.2) is 45.3 Å². The van der Waals surface area contributed by atoms with E-state index in [-0.39, 0.29) is 23.3 Å². The van der Waals surface area contributed by atoms with Crippen LogP contribution in [0, 0.1) is 12.7 Å². The SMILES string of the molecule is Cc1cc2c(N3CCNC[C@@H]3C)nc(=O)n(-c3ccccc3C(C)C)c2nc1-c1c(O)cccc1F. The fourth-order valence-electron chi connectivity index (χ4n) is 5.00. The lowest BCUT2D eigenvalue weighted by Gasteiger charge is -2.35. The number of aryl methyl sites for hydroxylation is 1. The number of halogens is 1. The van der Waals surface area contributed by atoms with Gasteiger partial charge in [0.1, 0.15) is 17.4 Å². The number of nitrogens with zero attached hydrogens (tertiary/aromatic N) is 4. The van der Waals surface area contributed by atoms with Crippen LogP contribution in [0.3, 0.4) is 0 Å². The summed E-state index contributed by atoms with van der Waals surface area (Å²) < 4.78 is 16.4. The Morgan fingerprint density at radius 1 is 1.14 bits per heavy atom. The first kappa shape index (κ1) is 23.9.